The Morgan fingerprint density at radius 2 is 1.72 bits per heavy atom. The van der Waals surface area contributed by atoms with E-state index in [1.807, 2.05) is 43.9 Å². The second kappa shape index (κ2) is 9.26. The Hall–Kier alpha value is -2.97. The largest absolute Gasteiger partial charge is 0.444 e. The summed E-state index contributed by atoms with van der Waals surface area (Å²) in [5, 5.41) is 3.24. The molecule has 0 saturated carbocycles. The number of nitrogens with one attached hydrogen (secondary N) is 1. The summed E-state index contributed by atoms with van der Waals surface area (Å²) in [6, 6.07) is 10.4. The number of anilines is 1. The van der Waals surface area contributed by atoms with Crippen molar-refractivity contribution >= 4 is 23.6 Å². The monoisotopic (exact) mass is 442 g/mol. The third kappa shape index (κ3) is 5.26. The van der Waals surface area contributed by atoms with Crippen LogP contribution in [0.4, 0.5) is 10.5 Å². The second-order valence-electron chi connectivity index (χ2n) is 9.49. The van der Waals surface area contributed by atoms with Gasteiger partial charge in [0.1, 0.15) is 5.60 Å². The molecule has 2 amide bonds. The van der Waals surface area contributed by atoms with Crippen LogP contribution in [-0.2, 0) is 9.53 Å². The predicted octanol–water partition coefficient (Wildman–Crippen LogP) is 1.22. The average Bonchev–Trinajstić information content (AvgIpc) is 3.19. The Balaban J connectivity index is 1.21. The SMILES string of the molecule is CC(C)(C)OC(=O)N1CCN2C(NCC(=O)N3CCN(c4ccccc4)CC3)=NCC2C1. The van der Waals surface area contributed by atoms with Gasteiger partial charge in [-0.1, -0.05) is 18.2 Å². The first-order chi connectivity index (χ1) is 15.3. The van der Waals surface area contributed by atoms with E-state index < -0.39 is 5.60 Å². The lowest BCUT2D eigenvalue weighted by molar-refractivity contribution is -0.130. The number of carbonyl (C=O) groups excluding carboxylic acids is 2. The van der Waals surface area contributed by atoms with Gasteiger partial charge < -0.3 is 29.7 Å². The van der Waals surface area contributed by atoms with Gasteiger partial charge in [0.25, 0.3) is 0 Å². The molecule has 0 radical (unpaired) electrons. The summed E-state index contributed by atoms with van der Waals surface area (Å²) in [6.45, 7) is 11.4. The molecule has 4 rings (SSSR count). The van der Waals surface area contributed by atoms with Crippen LogP contribution in [-0.4, -0.2) is 103 Å². The minimum Gasteiger partial charge on any atom is -0.444 e. The van der Waals surface area contributed by atoms with E-state index in [2.05, 4.69) is 32.2 Å². The highest BCUT2D eigenvalue weighted by Gasteiger charge is 2.36. The standard InChI is InChI=1S/C23H34N6O3/c1-23(2,3)32-22(31)28-13-14-29-19(17-28)15-24-21(29)25-16-20(30)27-11-9-26(10-12-27)18-7-5-4-6-8-18/h4-8,19H,9-17H2,1-3H3,(H,24,25). The van der Waals surface area contributed by atoms with Crippen LogP contribution in [0.5, 0.6) is 0 Å². The number of para-hydroxylation sites is 1. The summed E-state index contributed by atoms with van der Waals surface area (Å²) in [7, 11) is 0. The van der Waals surface area contributed by atoms with Gasteiger partial charge in [0.05, 0.1) is 19.1 Å². The van der Waals surface area contributed by atoms with Crippen molar-refractivity contribution in [3.8, 4) is 0 Å². The van der Waals surface area contributed by atoms with Gasteiger partial charge in [-0.25, -0.2) is 4.79 Å². The quantitative estimate of drug-likeness (QED) is 0.758. The van der Waals surface area contributed by atoms with Crippen molar-refractivity contribution in [1.82, 2.24) is 20.0 Å². The van der Waals surface area contributed by atoms with E-state index in [-0.39, 0.29) is 24.6 Å². The maximum Gasteiger partial charge on any atom is 0.410 e. The van der Waals surface area contributed by atoms with E-state index in [9.17, 15) is 9.59 Å². The molecular formula is C23H34N6O3. The third-order valence-corrected chi connectivity index (χ3v) is 6.01. The Labute approximate surface area is 190 Å². The molecule has 0 aliphatic carbocycles. The molecule has 1 atom stereocenters. The van der Waals surface area contributed by atoms with Gasteiger partial charge in [0, 0.05) is 51.5 Å². The van der Waals surface area contributed by atoms with Crippen molar-refractivity contribution in [2.24, 2.45) is 4.99 Å². The lowest BCUT2D eigenvalue weighted by Crippen LogP contribution is -2.58. The lowest BCUT2D eigenvalue weighted by Gasteiger charge is -2.39. The topological polar surface area (TPSA) is 80.7 Å². The molecule has 3 aliphatic heterocycles. The second-order valence-corrected chi connectivity index (χ2v) is 9.49. The molecule has 1 aromatic rings. The summed E-state index contributed by atoms with van der Waals surface area (Å²) in [4.78, 5) is 37.8. The molecule has 1 aromatic carbocycles. The van der Waals surface area contributed by atoms with Crippen LogP contribution in [0.2, 0.25) is 0 Å². The number of rotatable bonds is 3. The molecule has 0 aromatic heterocycles. The van der Waals surface area contributed by atoms with Crippen LogP contribution in [0.15, 0.2) is 35.3 Å². The van der Waals surface area contributed by atoms with E-state index in [0.29, 0.717) is 26.2 Å². The molecule has 9 nitrogen and oxygen atoms in total. The van der Waals surface area contributed by atoms with Crippen LogP contribution >= 0.6 is 0 Å². The number of carbonyl (C=O) groups is 2. The van der Waals surface area contributed by atoms with E-state index in [1.54, 1.807) is 4.90 Å². The number of amides is 2. The van der Waals surface area contributed by atoms with Crippen molar-refractivity contribution in [3.05, 3.63) is 30.3 Å². The Morgan fingerprint density at radius 3 is 2.41 bits per heavy atom. The van der Waals surface area contributed by atoms with E-state index in [4.69, 9.17) is 4.74 Å². The van der Waals surface area contributed by atoms with Crippen LogP contribution in [0.1, 0.15) is 20.8 Å². The van der Waals surface area contributed by atoms with Crippen LogP contribution in [0, 0.1) is 0 Å². The number of piperazine rings is 2. The van der Waals surface area contributed by atoms with Crippen molar-refractivity contribution in [2.75, 3.05) is 63.8 Å². The minimum atomic E-state index is -0.500. The zero-order valence-electron chi connectivity index (χ0n) is 19.3. The molecule has 3 aliphatic rings. The van der Waals surface area contributed by atoms with Gasteiger partial charge in [-0.05, 0) is 32.9 Å². The van der Waals surface area contributed by atoms with Gasteiger partial charge in [0.15, 0.2) is 5.96 Å². The van der Waals surface area contributed by atoms with Gasteiger partial charge in [-0.15, -0.1) is 0 Å². The highest BCUT2D eigenvalue weighted by molar-refractivity contribution is 5.88. The zero-order chi connectivity index (χ0) is 22.7. The highest BCUT2D eigenvalue weighted by atomic mass is 16.6. The third-order valence-electron chi connectivity index (χ3n) is 6.01. The normalized spacial score (nSPS) is 21.2. The first-order valence-corrected chi connectivity index (χ1v) is 11.4. The number of aliphatic imine (C=N–C) groups is 1. The van der Waals surface area contributed by atoms with Gasteiger partial charge in [-0.3, -0.25) is 9.79 Å². The van der Waals surface area contributed by atoms with E-state index >= 15 is 0 Å². The maximum absolute atomic E-state index is 12.7. The number of hydrogen-bond donors (Lipinski definition) is 1. The van der Waals surface area contributed by atoms with E-state index in [1.165, 1.54) is 5.69 Å². The molecule has 32 heavy (non-hydrogen) atoms. The first kappa shape index (κ1) is 22.2. The fraction of sp³-hybridized carbons (Fsp3) is 0.609. The Bertz CT molecular complexity index is 845. The smallest absolute Gasteiger partial charge is 0.410 e. The van der Waals surface area contributed by atoms with Crippen molar-refractivity contribution < 1.29 is 14.3 Å². The number of ether oxygens (including phenoxy) is 1. The van der Waals surface area contributed by atoms with Crippen molar-refractivity contribution in [2.45, 2.75) is 32.4 Å². The molecule has 174 valence electrons. The molecule has 9 heteroatoms. The Morgan fingerprint density at radius 1 is 1.03 bits per heavy atom. The fourth-order valence-corrected chi connectivity index (χ4v) is 4.34. The van der Waals surface area contributed by atoms with Gasteiger partial charge >= 0.3 is 6.09 Å². The number of nitrogens with zero attached hydrogens (tertiary/aromatic N) is 5. The molecular weight excluding hydrogens is 408 g/mol. The number of guanidine groups is 1. The summed E-state index contributed by atoms with van der Waals surface area (Å²) in [5.41, 5.74) is 0.703. The summed E-state index contributed by atoms with van der Waals surface area (Å²) < 4.78 is 5.50. The van der Waals surface area contributed by atoms with Gasteiger partial charge in [-0.2, -0.15) is 0 Å². The molecule has 2 saturated heterocycles. The maximum atomic E-state index is 12.7. The highest BCUT2D eigenvalue weighted by Crippen LogP contribution is 2.19. The zero-order valence-corrected chi connectivity index (χ0v) is 19.3. The first-order valence-electron chi connectivity index (χ1n) is 11.4. The molecule has 1 N–H and O–H groups in total. The molecule has 3 heterocycles. The number of hydrogen-bond acceptors (Lipinski definition) is 7. The minimum absolute atomic E-state index is 0.0938. The summed E-state index contributed by atoms with van der Waals surface area (Å²) >= 11 is 0. The van der Waals surface area contributed by atoms with Crippen LogP contribution in [0.25, 0.3) is 0 Å². The number of fused-ring (bicyclic) bond motifs is 1. The van der Waals surface area contributed by atoms with Crippen LogP contribution in [0.3, 0.4) is 0 Å². The van der Waals surface area contributed by atoms with Gasteiger partial charge in [0.2, 0.25) is 5.91 Å². The molecule has 0 spiro atoms. The molecule has 0 bridgehead atoms. The van der Waals surface area contributed by atoms with Crippen molar-refractivity contribution in [1.29, 1.82) is 0 Å². The average molecular weight is 443 g/mol. The molecule has 2 fully saturated rings. The lowest BCUT2D eigenvalue weighted by atomic mass is 10.2. The summed E-state index contributed by atoms with van der Waals surface area (Å²) in [5.74, 6) is 0.853. The predicted molar refractivity (Wildman–Crippen MR) is 124 cm³/mol. The summed E-state index contributed by atoms with van der Waals surface area (Å²) in [6.07, 6.45) is -0.275. The van der Waals surface area contributed by atoms with Crippen molar-refractivity contribution in [3.63, 3.8) is 0 Å². The Kier molecular flexibility index (Phi) is 6.43. The fourth-order valence-electron chi connectivity index (χ4n) is 4.34. The molecule has 1 unspecified atom stereocenters. The van der Waals surface area contributed by atoms with E-state index in [0.717, 1.165) is 32.1 Å². The van der Waals surface area contributed by atoms with Crippen LogP contribution < -0.4 is 10.2 Å². The number of benzene rings is 1.